The van der Waals surface area contributed by atoms with Gasteiger partial charge in [0.2, 0.25) is 0 Å². The van der Waals surface area contributed by atoms with Crippen LogP contribution < -0.4 is 10.6 Å². The van der Waals surface area contributed by atoms with E-state index in [2.05, 4.69) is 20.6 Å². The van der Waals surface area contributed by atoms with Crippen molar-refractivity contribution in [3.05, 3.63) is 83.8 Å². The first-order valence-corrected chi connectivity index (χ1v) is 8.11. The van der Waals surface area contributed by atoms with Crippen molar-refractivity contribution in [1.82, 2.24) is 9.97 Å². The molecule has 0 bridgehead atoms. The third-order valence-electron chi connectivity index (χ3n) is 3.80. The molecule has 0 aliphatic heterocycles. The normalized spacial score (nSPS) is 11.2. The molecule has 1 aromatic heterocycles. The monoisotopic (exact) mass is 343 g/mol. The molecule has 0 spiro atoms. The summed E-state index contributed by atoms with van der Waals surface area (Å²) in [6.07, 6.45) is 2.95. The standard InChI is InChI=1S/C20H17N5O/c1-14(16-7-3-2-4-8-16)24-19-13-22-18(12-23-19)20(26)25-17-9-5-6-15(10-17)11-21/h2-10,12-14H,1H3,(H,23,24)(H,25,26). The van der Waals surface area contributed by atoms with Crippen molar-refractivity contribution >= 4 is 17.4 Å². The van der Waals surface area contributed by atoms with Gasteiger partial charge in [-0.15, -0.1) is 0 Å². The van der Waals surface area contributed by atoms with Gasteiger partial charge in [-0.1, -0.05) is 36.4 Å². The predicted octanol–water partition coefficient (Wildman–Crippen LogP) is 3.77. The number of benzene rings is 2. The van der Waals surface area contributed by atoms with E-state index >= 15 is 0 Å². The zero-order chi connectivity index (χ0) is 18.4. The molecule has 0 saturated carbocycles. The zero-order valence-corrected chi connectivity index (χ0v) is 14.2. The molecule has 0 radical (unpaired) electrons. The van der Waals surface area contributed by atoms with E-state index in [9.17, 15) is 4.79 Å². The van der Waals surface area contributed by atoms with E-state index in [4.69, 9.17) is 5.26 Å². The predicted molar refractivity (Wildman–Crippen MR) is 99.6 cm³/mol. The molecule has 0 fully saturated rings. The molecule has 0 aliphatic rings. The molecule has 0 aliphatic carbocycles. The van der Waals surface area contributed by atoms with Crippen molar-refractivity contribution in [1.29, 1.82) is 5.26 Å². The fraction of sp³-hybridized carbons (Fsp3) is 0.100. The fourth-order valence-electron chi connectivity index (χ4n) is 2.43. The highest BCUT2D eigenvalue weighted by atomic mass is 16.1. The Morgan fingerprint density at radius 2 is 1.88 bits per heavy atom. The number of anilines is 2. The van der Waals surface area contributed by atoms with Crippen LogP contribution in [-0.4, -0.2) is 15.9 Å². The summed E-state index contributed by atoms with van der Waals surface area (Å²) < 4.78 is 0. The number of hydrogen-bond acceptors (Lipinski definition) is 5. The lowest BCUT2D eigenvalue weighted by atomic mass is 10.1. The molecule has 3 aromatic rings. The number of nitrogens with one attached hydrogen (secondary N) is 2. The summed E-state index contributed by atoms with van der Waals surface area (Å²) in [6, 6.07) is 18.8. The van der Waals surface area contributed by atoms with E-state index in [-0.39, 0.29) is 17.6 Å². The summed E-state index contributed by atoms with van der Waals surface area (Å²) in [5.41, 5.74) is 2.35. The maximum Gasteiger partial charge on any atom is 0.275 e. The summed E-state index contributed by atoms with van der Waals surface area (Å²) in [5.74, 6) is 0.208. The number of amides is 1. The second-order valence-electron chi connectivity index (χ2n) is 5.71. The number of rotatable bonds is 5. The van der Waals surface area contributed by atoms with Gasteiger partial charge in [-0.05, 0) is 30.7 Å². The minimum absolute atomic E-state index is 0.0684. The Labute approximate surface area is 151 Å². The lowest BCUT2D eigenvalue weighted by Gasteiger charge is -2.14. The summed E-state index contributed by atoms with van der Waals surface area (Å²) >= 11 is 0. The van der Waals surface area contributed by atoms with Crippen molar-refractivity contribution in [2.45, 2.75) is 13.0 Å². The first-order chi connectivity index (χ1) is 12.7. The SMILES string of the molecule is CC(Nc1cnc(C(=O)Nc2cccc(C#N)c2)cn1)c1ccccc1. The second kappa shape index (κ2) is 7.90. The van der Waals surface area contributed by atoms with Gasteiger partial charge in [0.25, 0.3) is 5.91 Å². The quantitative estimate of drug-likeness (QED) is 0.736. The highest BCUT2D eigenvalue weighted by molar-refractivity contribution is 6.02. The van der Waals surface area contributed by atoms with E-state index in [1.807, 2.05) is 43.3 Å². The van der Waals surface area contributed by atoms with Crippen LogP contribution in [0.25, 0.3) is 0 Å². The molecule has 0 saturated heterocycles. The average molecular weight is 343 g/mol. The summed E-state index contributed by atoms with van der Waals surface area (Å²) in [6.45, 7) is 2.03. The van der Waals surface area contributed by atoms with Crippen LogP contribution in [0.1, 0.15) is 34.6 Å². The number of aromatic nitrogens is 2. The highest BCUT2D eigenvalue weighted by Gasteiger charge is 2.10. The smallest absolute Gasteiger partial charge is 0.275 e. The Balaban J connectivity index is 1.65. The average Bonchev–Trinajstić information content (AvgIpc) is 2.69. The van der Waals surface area contributed by atoms with Crippen molar-refractivity contribution in [2.24, 2.45) is 0 Å². The molecule has 2 aromatic carbocycles. The second-order valence-corrected chi connectivity index (χ2v) is 5.71. The Kier molecular flexibility index (Phi) is 5.20. The Hall–Kier alpha value is -3.72. The van der Waals surface area contributed by atoms with Crippen molar-refractivity contribution < 1.29 is 4.79 Å². The van der Waals surface area contributed by atoms with Gasteiger partial charge in [0, 0.05) is 11.7 Å². The van der Waals surface area contributed by atoms with Gasteiger partial charge in [0.1, 0.15) is 11.5 Å². The van der Waals surface area contributed by atoms with Gasteiger partial charge >= 0.3 is 0 Å². The molecule has 1 atom stereocenters. The molecule has 1 unspecified atom stereocenters. The van der Waals surface area contributed by atoms with E-state index in [1.165, 1.54) is 12.4 Å². The molecule has 1 amide bonds. The van der Waals surface area contributed by atoms with E-state index in [1.54, 1.807) is 24.3 Å². The lowest BCUT2D eigenvalue weighted by Crippen LogP contribution is -2.15. The van der Waals surface area contributed by atoms with Gasteiger partial charge < -0.3 is 10.6 Å². The van der Waals surface area contributed by atoms with Crippen LogP contribution in [0, 0.1) is 11.3 Å². The largest absolute Gasteiger partial charge is 0.362 e. The molecule has 3 rings (SSSR count). The first-order valence-electron chi connectivity index (χ1n) is 8.11. The molecule has 128 valence electrons. The van der Waals surface area contributed by atoms with Crippen LogP contribution in [0.4, 0.5) is 11.5 Å². The third-order valence-corrected chi connectivity index (χ3v) is 3.80. The Bertz CT molecular complexity index is 932. The molecule has 1 heterocycles. The first kappa shape index (κ1) is 17.1. The minimum Gasteiger partial charge on any atom is -0.362 e. The van der Waals surface area contributed by atoms with Crippen LogP contribution in [0.2, 0.25) is 0 Å². The van der Waals surface area contributed by atoms with E-state index < -0.39 is 0 Å². The van der Waals surface area contributed by atoms with Gasteiger partial charge in [0.15, 0.2) is 0 Å². The lowest BCUT2D eigenvalue weighted by molar-refractivity contribution is 0.102. The Morgan fingerprint density at radius 1 is 1.08 bits per heavy atom. The van der Waals surface area contributed by atoms with Crippen LogP contribution in [0.5, 0.6) is 0 Å². The van der Waals surface area contributed by atoms with Crippen molar-refractivity contribution in [2.75, 3.05) is 10.6 Å². The number of hydrogen-bond donors (Lipinski definition) is 2. The maximum absolute atomic E-state index is 12.3. The number of carbonyl (C=O) groups is 1. The Morgan fingerprint density at radius 3 is 2.58 bits per heavy atom. The third kappa shape index (κ3) is 4.22. The van der Waals surface area contributed by atoms with Gasteiger partial charge in [-0.25, -0.2) is 9.97 Å². The highest BCUT2D eigenvalue weighted by Crippen LogP contribution is 2.17. The van der Waals surface area contributed by atoms with Crippen molar-refractivity contribution in [3.63, 3.8) is 0 Å². The topological polar surface area (TPSA) is 90.7 Å². The molecule has 6 nitrogen and oxygen atoms in total. The van der Waals surface area contributed by atoms with Gasteiger partial charge in [-0.2, -0.15) is 5.26 Å². The summed E-state index contributed by atoms with van der Waals surface area (Å²) in [4.78, 5) is 20.7. The molecule has 2 N–H and O–H groups in total. The fourth-order valence-corrected chi connectivity index (χ4v) is 2.43. The van der Waals surface area contributed by atoms with Crippen LogP contribution in [0.3, 0.4) is 0 Å². The van der Waals surface area contributed by atoms with Gasteiger partial charge in [-0.3, -0.25) is 4.79 Å². The molecule has 26 heavy (non-hydrogen) atoms. The van der Waals surface area contributed by atoms with Crippen molar-refractivity contribution in [3.8, 4) is 6.07 Å². The van der Waals surface area contributed by atoms with E-state index in [0.717, 1.165) is 5.56 Å². The molecule has 6 heteroatoms. The number of nitrogens with zero attached hydrogens (tertiary/aromatic N) is 3. The van der Waals surface area contributed by atoms with Gasteiger partial charge in [0.05, 0.1) is 24.0 Å². The van der Waals surface area contributed by atoms with Crippen LogP contribution in [-0.2, 0) is 0 Å². The van der Waals surface area contributed by atoms with Crippen LogP contribution in [0.15, 0.2) is 67.0 Å². The molecular weight excluding hydrogens is 326 g/mol. The van der Waals surface area contributed by atoms with E-state index in [0.29, 0.717) is 17.1 Å². The molecular formula is C20H17N5O. The number of carbonyl (C=O) groups excluding carboxylic acids is 1. The summed E-state index contributed by atoms with van der Waals surface area (Å²) in [5, 5.41) is 14.9. The zero-order valence-electron chi connectivity index (χ0n) is 14.2. The number of nitriles is 1. The van der Waals surface area contributed by atoms with Crippen LogP contribution >= 0.6 is 0 Å². The maximum atomic E-state index is 12.3. The minimum atomic E-state index is -0.379. The summed E-state index contributed by atoms with van der Waals surface area (Å²) in [7, 11) is 0.